The molecule has 0 aromatic heterocycles. The molecule has 0 aliphatic heterocycles. The Morgan fingerprint density at radius 2 is 1.86 bits per heavy atom. The van der Waals surface area contributed by atoms with E-state index in [9.17, 15) is 4.79 Å². The Balaban J connectivity index is 2.40. The van der Waals surface area contributed by atoms with E-state index >= 15 is 0 Å². The van der Waals surface area contributed by atoms with Crippen molar-refractivity contribution in [2.24, 2.45) is 0 Å². The van der Waals surface area contributed by atoms with Gasteiger partial charge < -0.3 is 20.5 Å². The molecule has 5 nitrogen and oxygen atoms in total. The summed E-state index contributed by atoms with van der Waals surface area (Å²) in [6.07, 6.45) is 0. The fraction of sp³-hybridized carbons (Fsp3) is 0.133. The maximum Gasteiger partial charge on any atom is 0.259 e. The monoisotopic (exact) mass is 384 g/mol. The number of ether oxygens (including phenoxy) is 2. The number of hydrogen-bond donors (Lipinski definition) is 2. The number of carbonyl (C=O) groups excluding carboxylic acids is 1. The second-order valence-corrected chi connectivity index (χ2v) is 5.67. The predicted octanol–water partition coefficient (Wildman–Crippen LogP) is 3.95. The fourth-order valence-electron chi connectivity index (χ4n) is 1.92. The highest BCUT2D eigenvalue weighted by molar-refractivity contribution is 9.10. The molecule has 7 heteroatoms. The third-order valence-corrected chi connectivity index (χ3v) is 3.80. The number of nitrogens with one attached hydrogen (secondary N) is 1. The first-order chi connectivity index (χ1) is 10.5. The molecule has 0 unspecified atom stereocenters. The van der Waals surface area contributed by atoms with Crippen molar-refractivity contribution in [2.75, 3.05) is 25.3 Å². The summed E-state index contributed by atoms with van der Waals surface area (Å²) in [5, 5.41) is 3.21. The molecule has 2 aromatic rings. The molecule has 0 bridgehead atoms. The summed E-state index contributed by atoms with van der Waals surface area (Å²) in [7, 11) is 2.98. The van der Waals surface area contributed by atoms with Gasteiger partial charge in [-0.2, -0.15) is 0 Å². The summed E-state index contributed by atoms with van der Waals surface area (Å²) < 4.78 is 11.0. The summed E-state index contributed by atoms with van der Waals surface area (Å²) in [6.45, 7) is 0. The van der Waals surface area contributed by atoms with Crippen LogP contribution >= 0.6 is 27.5 Å². The molecule has 0 fully saturated rings. The number of halogens is 2. The quantitative estimate of drug-likeness (QED) is 0.782. The standard InChI is InChI=1S/C15H14BrClN2O3/c1-21-12-4-3-8(17)5-10(12)15(20)19-14-11(16)6-9(18)7-13(14)22-2/h3-7H,18H2,1-2H3,(H,19,20). The molecule has 0 radical (unpaired) electrons. The highest BCUT2D eigenvalue weighted by atomic mass is 79.9. The van der Waals surface area contributed by atoms with Crippen LogP contribution in [-0.2, 0) is 0 Å². The average molecular weight is 386 g/mol. The smallest absolute Gasteiger partial charge is 0.259 e. The lowest BCUT2D eigenvalue weighted by molar-refractivity contribution is 0.102. The molecule has 1 amide bonds. The van der Waals surface area contributed by atoms with Gasteiger partial charge in [-0.25, -0.2) is 0 Å². The van der Waals surface area contributed by atoms with Gasteiger partial charge in [-0.1, -0.05) is 11.6 Å². The normalized spacial score (nSPS) is 10.2. The van der Waals surface area contributed by atoms with Crippen LogP contribution in [0.1, 0.15) is 10.4 Å². The molecule has 116 valence electrons. The van der Waals surface area contributed by atoms with Crippen LogP contribution in [0.4, 0.5) is 11.4 Å². The van der Waals surface area contributed by atoms with Gasteiger partial charge in [0.15, 0.2) is 0 Å². The summed E-state index contributed by atoms with van der Waals surface area (Å²) in [5.41, 5.74) is 7.06. The summed E-state index contributed by atoms with van der Waals surface area (Å²) in [5.74, 6) is 0.497. The van der Waals surface area contributed by atoms with Crippen molar-refractivity contribution >= 4 is 44.8 Å². The largest absolute Gasteiger partial charge is 0.496 e. The molecule has 22 heavy (non-hydrogen) atoms. The maximum absolute atomic E-state index is 12.5. The van der Waals surface area contributed by atoms with Gasteiger partial charge in [0.25, 0.3) is 5.91 Å². The van der Waals surface area contributed by atoms with Crippen molar-refractivity contribution in [2.45, 2.75) is 0 Å². The molecular weight excluding hydrogens is 372 g/mol. The lowest BCUT2D eigenvalue weighted by Gasteiger charge is -2.14. The van der Waals surface area contributed by atoms with Gasteiger partial charge in [0.1, 0.15) is 11.5 Å². The Bertz CT molecular complexity index is 722. The zero-order valence-corrected chi connectivity index (χ0v) is 14.3. The number of carbonyl (C=O) groups is 1. The van der Waals surface area contributed by atoms with Gasteiger partial charge in [0.05, 0.1) is 25.5 Å². The molecule has 0 spiro atoms. The van der Waals surface area contributed by atoms with Crippen LogP contribution in [0.25, 0.3) is 0 Å². The molecule has 0 aliphatic rings. The molecule has 0 heterocycles. The second kappa shape index (κ2) is 6.89. The molecule has 3 N–H and O–H groups in total. The minimum absolute atomic E-state index is 0.320. The molecule has 0 saturated carbocycles. The third kappa shape index (κ3) is 3.45. The first-order valence-electron chi connectivity index (χ1n) is 6.24. The number of rotatable bonds is 4. The average Bonchev–Trinajstić information content (AvgIpc) is 2.49. The van der Waals surface area contributed by atoms with Crippen molar-refractivity contribution in [1.82, 2.24) is 0 Å². The SMILES string of the molecule is COc1ccc(Cl)cc1C(=O)Nc1c(Br)cc(N)cc1OC. The van der Waals surface area contributed by atoms with Gasteiger partial charge in [-0.3, -0.25) is 4.79 Å². The number of hydrogen-bond acceptors (Lipinski definition) is 4. The number of anilines is 2. The van der Waals surface area contributed by atoms with Crippen molar-refractivity contribution in [3.8, 4) is 11.5 Å². The minimum atomic E-state index is -0.372. The maximum atomic E-state index is 12.5. The van der Waals surface area contributed by atoms with E-state index in [2.05, 4.69) is 21.2 Å². The number of methoxy groups -OCH3 is 2. The molecule has 2 aromatic carbocycles. The fourth-order valence-corrected chi connectivity index (χ4v) is 2.65. The topological polar surface area (TPSA) is 73.6 Å². The van der Waals surface area contributed by atoms with Gasteiger partial charge in [-0.15, -0.1) is 0 Å². The lowest BCUT2D eigenvalue weighted by Crippen LogP contribution is -2.14. The Morgan fingerprint density at radius 3 is 2.50 bits per heavy atom. The van der Waals surface area contributed by atoms with E-state index in [1.54, 1.807) is 24.3 Å². The molecule has 0 atom stereocenters. The molecule has 0 saturated heterocycles. The molecule has 2 rings (SSSR count). The number of benzene rings is 2. The van der Waals surface area contributed by atoms with Gasteiger partial charge in [-0.05, 0) is 40.2 Å². The van der Waals surface area contributed by atoms with E-state index in [1.807, 2.05) is 0 Å². The van der Waals surface area contributed by atoms with Crippen molar-refractivity contribution in [1.29, 1.82) is 0 Å². The van der Waals surface area contributed by atoms with Crippen molar-refractivity contribution in [3.05, 3.63) is 45.4 Å². The third-order valence-electron chi connectivity index (χ3n) is 2.94. The van der Waals surface area contributed by atoms with E-state index in [0.29, 0.717) is 37.9 Å². The van der Waals surface area contributed by atoms with E-state index in [4.69, 9.17) is 26.8 Å². The van der Waals surface area contributed by atoms with E-state index in [-0.39, 0.29) is 5.91 Å². The lowest BCUT2D eigenvalue weighted by atomic mass is 10.1. The zero-order valence-electron chi connectivity index (χ0n) is 11.9. The van der Waals surface area contributed by atoms with E-state index in [1.165, 1.54) is 20.3 Å². The van der Waals surface area contributed by atoms with Crippen LogP contribution in [0.3, 0.4) is 0 Å². The Morgan fingerprint density at radius 1 is 1.18 bits per heavy atom. The molecule has 0 aliphatic carbocycles. The van der Waals surface area contributed by atoms with E-state index < -0.39 is 0 Å². The van der Waals surface area contributed by atoms with Crippen LogP contribution in [0.15, 0.2) is 34.8 Å². The highest BCUT2D eigenvalue weighted by Gasteiger charge is 2.17. The number of nitrogen functional groups attached to an aromatic ring is 1. The number of amides is 1. The van der Waals surface area contributed by atoms with Gasteiger partial charge in [0.2, 0.25) is 0 Å². The Kier molecular flexibility index (Phi) is 5.15. The second-order valence-electron chi connectivity index (χ2n) is 4.38. The van der Waals surface area contributed by atoms with Crippen molar-refractivity contribution in [3.63, 3.8) is 0 Å². The van der Waals surface area contributed by atoms with Crippen LogP contribution in [0.5, 0.6) is 11.5 Å². The first-order valence-corrected chi connectivity index (χ1v) is 7.41. The van der Waals surface area contributed by atoms with Gasteiger partial charge >= 0.3 is 0 Å². The van der Waals surface area contributed by atoms with Gasteiger partial charge in [0, 0.05) is 21.2 Å². The van der Waals surface area contributed by atoms with Crippen molar-refractivity contribution < 1.29 is 14.3 Å². The Hall–Kier alpha value is -1.92. The summed E-state index contributed by atoms with van der Waals surface area (Å²) in [6, 6.07) is 8.11. The molecular formula is C15H14BrClN2O3. The Labute approximate surface area is 141 Å². The highest BCUT2D eigenvalue weighted by Crippen LogP contribution is 2.36. The van der Waals surface area contributed by atoms with Crippen LogP contribution < -0.4 is 20.5 Å². The van der Waals surface area contributed by atoms with Crippen LogP contribution in [0.2, 0.25) is 5.02 Å². The summed E-state index contributed by atoms with van der Waals surface area (Å²) >= 11 is 9.30. The van der Waals surface area contributed by atoms with Crippen LogP contribution in [-0.4, -0.2) is 20.1 Å². The predicted molar refractivity (Wildman–Crippen MR) is 91.1 cm³/mol. The van der Waals surface area contributed by atoms with E-state index in [0.717, 1.165) is 0 Å². The zero-order chi connectivity index (χ0) is 16.3. The summed E-state index contributed by atoms with van der Waals surface area (Å²) in [4.78, 5) is 12.5. The first kappa shape index (κ1) is 16.5. The number of nitrogens with two attached hydrogens (primary N) is 1. The van der Waals surface area contributed by atoms with Crippen LogP contribution in [0, 0.1) is 0 Å². The minimum Gasteiger partial charge on any atom is -0.496 e.